The van der Waals surface area contributed by atoms with Crippen molar-refractivity contribution in [2.24, 2.45) is 5.73 Å². The van der Waals surface area contributed by atoms with Crippen molar-refractivity contribution in [3.63, 3.8) is 0 Å². The van der Waals surface area contributed by atoms with Crippen molar-refractivity contribution in [2.75, 3.05) is 18.9 Å². The summed E-state index contributed by atoms with van der Waals surface area (Å²) < 4.78 is 10.5. The molecule has 0 bridgehead atoms. The molecule has 0 radical (unpaired) electrons. The second kappa shape index (κ2) is 6.66. The molecule has 0 spiro atoms. The van der Waals surface area contributed by atoms with Gasteiger partial charge in [-0.3, -0.25) is 0 Å². The normalized spacial score (nSPS) is 11.7. The molecule has 1 rings (SSSR count). The maximum absolute atomic E-state index is 11.3. The van der Waals surface area contributed by atoms with Crippen LogP contribution in [0.1, 0.15) is 6.92 Å². The van der Waals surface area contributed by atoms with Crippen LogP contribution in [0.4, 0.5) is 5.69 Å². The van der Waals surface area contributed by atoms with E-state index in [1.165, 1.54) is 0 Å². The second-order valence-electron chi connectivity index (χ2n) is 3.93. The Morgan fingerprint density at radius 3 is 2.78 bits per heavy atom. The molecule has 4 N–H and O–H groups in total. The average Bonchev–Trinajstić information content (AvgIpc) is 2.34. The van der Waals surface area contributed by atoms with Crippen LogP contribution in [0.3, 0.4) is 0 Å². The summed E-state index contributed by atoms with van der Waals surface area (Å²) in [4.78, 5) is 11.3. The van der Waals surface area contributed by atoms with E-state index in [-0.39, 0.29) is 13.2 Å². The number of hydrogen-bond acceptors (Lipinski definition) is 5. The molecule has 0 heterocycles. The van der Waals surface area contributed by atoms with E-state index in [1.54, 1.807) is 31.2 Å². The lowest BCUT2D eigenvalue weighted by Crippen LogP contribution is -2.32. The summed E-state index contributed by atoms with van der Waals surface area (Å²) in [7, 11) is 0. The molecule has 1 aromatic carbocycles. The van der Waals surface area contributed by atoms with Crippen LogP contribution >= 0.6 is 0 Å². The van der Waals surface area contributed by atoms with E-state index >= 15 is 0 Å². The van der Waals surface area contributed by atoms with Gasteiger partial charge in [-0.1, -0.05) is 12.6 Å². The van der Waals surface area contributed by atoms with Gasteiger partial charge >= 0.3 is 5.97 Å². The molecule has 0 aliphatic carbocycles. The summed E-state index contributed by atoms with van der Waals surface area (Å²) in [5, 5.41) is 0. The molecule has 0 aliphatic rings. The Morgan fingerprint density at radius 2 is 2.22 bits per heavy atom. The van der Waals surface area contributed by atoms with Gasteiger partial charge in [0.15, 0.2) is 0 Å². The van der Waals surface area contributed by atoms with E-state index in [0.717, 1.165) is 0 Å². The van der Waals surface area contributed by atoms with Gasteiger partial charge in [0.05, 0.1) is 0 Å². The quantitative estimate of drug-likeness (QED) is 0.448. The molecule has 0 aromatic heterocycles. The molecule has 0 amide bonds. The minimum Gasteiger partial charge on any atom is -0.490 e. The number of benzene rings is 1. The Balaban J connectivity index is 2.49. The van der Waals surface area contributed by atoms with Gasteiger partial charge in [-0.15, -0.1) is 0 Å². The zero-order valence-electron chi connectivity index (χ0n) is 10.4. The van der Waals surface area contributed by atoms with Gasteiger partial charge < -0.3 is 20.9 Å². The molecule has 5 heteroatoms. The number of rotatable bonds is 6. The Labute approximate surface area is 106 Å². The average molecular weight is 250 g/mol. The first-order valence-corrected chi connectivity index (χ1v) is 5.58. The molecule has 0 saturated heterocycles. The van der Waals surface area contributed by atoms with Gasteiger partial charge in [0, 0.05) is 23.9 Å². The maximum Gasteiger partial charge on any atom is 0.333 e. The molecule has 98 valence electrons. The number of anilines is 1. The van der Waals surface area contributed by atoms with Crippen molar-refractivity contribution in [3.8, 4) is 5.75 Å². The van der Waals surface area contributed by atoms with E-state index < -0.39 is 12.1 Å². The van der Waals surface area contributed by atoms with Gasteiger partial charge in [-0.2, -0.15) is 0 Å². The van der Waals surface area contributed by atoms with Crippen LogP contribution in [0.15, 0.2) is 36.4 Å². The highest BCUT2D eigenvalue weighted by Gasteiger charge is 2.14. The fourth-order valence-corrected chi connectivity index (χ4v) is 1.20. The van der Waals surface area contributed by atoms with Crippen LogP contribution in [0.25, 0.3) is 0 Å². The highest BCUT2D eigenvalue weighted by atomic mass is 16.6. The Bertz CT molecular complexity index is 432. The first-order chi connectivity index (χ1) is 8.52. The lowest BCUT2D eigenvalue weighted by Gasteiger charge is -2.17. The van der Waals surface area contributed by atoms with Crippen LogP contribution < -0.4 is 16.2 Å². The number of carbonyl (C=O) groups is 1. The van der Waals surface area contributed by atoms with Crippen LogP contribution in [-0.4, -0.2) is 25.2 Å². The fraction of sp³-hybridized carbons (Fsp3) is 0.308. The van der Waals surface area contributed by atoms with Crippen LogP contribution in [0.5, 0.6) is 5.75 Å². The lowest BCUT2D eigenvalue weighted by atomic mass is 10.3. The van der Waals surface area contributed by atoms with Crippen molar-refractivity contribution in [1.82, 2.24) is 0 Å². The molecular weight excluding hydrogens is 232 g/mol. The van der Waals surface area contributed by atoms with Gasteiger partial charge in [-0.05, 0) is 19.1 Å². The first kappa shape index (κ1) is 14.1. The summed E-state index contributed by atoms with van der Waals surface area (Å²) in [6.07, 6.45) is -0.504. The zero-order valence-corrected chi connectivity index (χ0v) is 10.4. The Kier molecular flexibility index (Phi) is 5.20. The van der Waals surface area contributed by atoms with E-state index in [9.17, 15) is 4.79 Å². The number of carbonyl (C=O) groups excluding carboxylic acids is 1. The SMILES string of the molecule is C=C(C)C(=O)OC(CN)COc1cccc(N)c1. The van der Waals surface area contributed by atoms with Gasteiger partial charge in [-0.25, -0.2) is 4.79 Å². The van der Waals surface area contributed by atoms with Crippen molar-refractivity contribution in [3.05, 3.63) is 36.4 Å². The predicted molar refractivity (Wildman–Crippen MR) is 70.1 cm³/mol. The molecular formula is C13H18N2O3. The van der Waals surface area contributed by atoms with Crippen molar-refractivity contribution in [2.45, 2.75) is 13.0 Å². The van der Waals surface area contributed by atoms with Crippen LogP contribution in [-0.2, 0) is 9.53 Å². The molecule has 1 atom stereocenters. The topological polar surface area (TPSA) is 87.6 Å². The summed E-state index contributed by atoms with van der Waals surface area (Å²) in [6.45, 7) is 5.44. The second-order valence-corrected chi connectivity index (χ2v) is 3.93. The van der Waals surface area contributed by atoms with E-state index in [1.807, 2.05) is 0 Å². The lowest BCUT2D eigenvalue weighted by molar-refractivity contribution is -0.145. The largest absolute Gasteiger partial charge is 0.490 e. The molecule has 1 unspecified atom stereocenters. The van der Waals surface area contributed by atoms with Crippen LogP contribution in [0.2, 0.25) is 0 Å². The third-order valence-electron chi connectivity index (χ3n) is 2.18. The summed E-state index contributed by atoms with van der Waals surface area (Å²) in [5.41, 5.74) is 12.1. The Hall–Kier alpha value is -2.01. The van der Waals surface area contributed by atoms with Gasteiger partial charge in [0.25, 0.3) is 0 Å². The van der Waals surface area contributed by atoms with Crippen molar-refractivity contribution >= 4 is 11.7 Å². The fourth-order valence-electron chi connectivity index (χ4n) is 1.20. The predicted octanol–water partition coefficient (Wildman–Crippen LogP) is 1.09. The van der Waals surface area contributed by atoms with E-state index in [0.29, 0.717) is 17.0 Å². The summed E-state index contributed by atoms with van der Waals surface area (Å²) in [5.74, 6) is 0.140. The summed E-state index contributed by atoms with van der Waals surface area (Å²) in [6, 6.07) is 7.00. The summed E-state index contributed by atoms with van der Waals surface area (Å²) >= 11 is 0. The van der Waals surface area contributed by atoms with E-state index in [2.05, 4.69) is 6.58 Å². The number of esters is 1. The number of nitrogen functional groups attached to an aromatic ring is 1. The Morgan fingerprint density at radius 1 is 1.50 bits per heavy atom. The van der Waals surface area contributed by atoms with Crippen molar-refractivity contribution in [1.29, 1.82) is 0 Å². The minimum atomic E-state index is -0.504. The first-order valence-electron chi connectivity index (χ1n) is 5.58. The smallest absolute Gasteiger partial charge is 0.333 e. The molecule has 0 fully saturated rings. The maximum atomic E-state index is 11.3. The number of hydrogen-bond donors (Lipinski definition) is 2. The van der Waals surface area contributed by atoms with E-state index in [4.69, 9.17) is 20.9 Å². The third-order valence-corrected chi connectivity index (χ3v) is 2.18. The van der Waals surface area contributed by atoms with Crippen molar-refractivity contribution < 1.29 is 14.3 Å². The highest BCUT2D eigenvalue weighted by Crippen LogP contribution is 2.14. The monoisotopic (exact) mass is 250 g/mol. The number of ether oxygens (including phenoxy) is 2. The third kappa shape index (κ3) is 4.47. The zero-order chi connectivity index (χ0) is 13.5. The molecule has 0 saturated carbocycles. The van der Waals surface area contributed by atoms with Gasteiger partial charge in [0.2, 0.25) is 0 Å². The standard InChI is InChI=1S/C13H18N2O3/c1-9(2)13(16)18-12(7-14)8-17-11-5-3-4-10(15)6-11/h3-6,12H,1,7-8,14-15H2,2H3. The minimum absolute atomic E-state index is 0.180. The molecule has 18 heavy (non-hydrogen) atoms. The molecule has 0 aliphatic heterocycles. The number of nitrogens with two attached hydrogens (primary N) is 2. The highest BCUT2D eigenvalue weighted by molar-refractivity contribution is 5.87. The molecule has 1 aromatic rings. The molecule has 5 nitrogen and oxygen atoms in total. The van der Waals surface area contributed by atoms with Crippen LogP contribution in [0, 0.1) is 0 Å². The van der Waals surface area contributed by atoms with Gasteiger partial charge in [0.1, 0.15) is 18.5 Å².